The van der Waals surface area contributed by atoms with Crippen molar-refractivity contribution in [1.29, 1.82) is 0 Å². The fourth-order valence-corrected chi connectivity index (χ4v) is 3.88. The quantitative estimate of drug-likeness (QED) is 0.552. The molecule has 0 radical (unpaired) electrons. The van der Waals surface area contributed by atoms with Gasteiger partial charge in [-0.05, 0) is 70.6 Å². The van der Waals surface area contributed by atoms with Crippen LogP contribution in [0.5, 0.6) is 11.5 Å². The topological polar surface area (TPSA) is 75.6 Å². The molecule has 2 aromatic rings. The molecule has 1 saturated carbocycles. The number of carboxylic acid groups (broad SMARTS) is 1. The molecule has 0 aromatic heterocycles. The van der Waals surface area contributed by atoms with Crippen LogP contribution in [0.1, 0.15) is 38.2 Å². The second kappa shape index (κ2) is 9.74. The number of amides is 1. The molecule has 0 spiro atoms. The van der Waals surface area contributed by atoms with Gasteiger partial charge in [0.2, 0.25) is 5.91 Å². The molecule has 1 aliphatic rings. The van der Waals surface area contributed by atoms with Crippen molar-refractivity contribution in [3.8, 4) is 11.5 Å². The van der Waals surface area contributed by atoms with Crippen LogP contribution in [0, 0.1) is 11.8 Å². The molecule has 0 heterocycles. The maximum Gasteiger partial charge on any atom is 0.352 e. The first kappa shape index (κ1) is 21.1. The summed E-state index contributed by atoms with van der Waals surface area (Å²) in [7, 11) is 0. The molecule has 2 aromatic carbocycles. The average Bonchev–Trinajstić information content (AvgIpc) is 2.70. The van der Waals surface area contributed by atoms with Crippen LogP contribution in [0.25, 0.3) is 6.08 Å². The van der Waals surface area contributed by atoms with Gasteiger partial charge < -0.3 is 15.2 Å². The van der Waals surface area contributed by atoms with Gasteiger partial charge >= 0.3 is 5.97 Å². The number of hydrogen-bond acceptors (Lipinski definition) is 3. The number of benzene rings is 2. The van der Waals surface area contributed by atoms with Crippen LogP contribution in [0.4, 0.5) is 0 Å². The first-order valence-corrected chi connectivity index (χ1v) is 10.5. The van der Waals surface area contributed by atoms with Crippen molar-refractivity contribution in [2.45, 2.75) is 32.6 Å². The van der Waals surface area contributed by atoms with Gasteiger partial charge in [-0.1, -0.05) is 44.0 Å². The monoisotopic (exact) mass is 457 g/mol. The smallest absolute Gasteiger partial charge is 0.352 e. The van der Waals surface area contributed by atoms with E-state index < -0.39 is 5.97 Å². The summed E-state index contributed by atoms with van der Waals surface area (Å²) in [6, 6.07) is 14.6. The van der Waals surface area contributed by atoms with Gasteiger partial charge in [0, 0.05) is 5.92 Å². The zero-order valence-corrected chi connectivity index (χ0v) is 17.8. The summed E-state index contributed by atoms with van der Waals surface area (Å²) in [5.74, 6) is 0.326. The number of rotatable bonds is 6. The van der Waals surface area contributed by atoms with E-state index in [9.17, 15) is 14.7 Å². The summed E-state index contributed by atoms with van der Waals surface area (Å²) in [5, 5.41) is 12.1. The lowest BCUT2D eigenvalue weighted by molar-refractivity contribution is -0.135. The highest BCUT2D eigenvalue weighted by Gasteiger charge is 2.26. The second-order valence-electron chi connectivity index (χ2n) is 7.42. The molecule has 1 amide bonds. The zero-order valence-electron chi connectivity index (χ0n) is 16.2. The number of ether oxygens (including phenoxy) is 1. The van der Waals surface area contributed by atoms with Crippen LogP contribution in [0.3, 0.4) is 0 Å². The van der Waals surface area contributed by atoms with Gasteiger partial charge in [0.1, 0.15) is 17.2 Å². The fraction of sp³-hybridized carbons (Fsp3) is 0.304. The van der Waals surface area contributed by atoms with E-state index in [-0.39, 0.29) is 17.5 Å². The SMILES string of the molecule is CC1CCCC(C(=O)N/C(=C\c2ccc(Oc3ccccc3Br)cc2)C(=O)O)C1. The Morgan fingerprint density at radius 1 is 1.14 bits per heavy atom. The summed E-state index contributed by atoms with van der Waals surface area (Å²) in [5.41, 5.74) is 0.548. The summed E-state index contributed by atoms with van der Waals surface area (Å²) in [6.07, 6.45) is 5.21. The summed E-state index contributed by atoms with van der Waals surface area (Å²) in [4.78, 5) is 24.1. The molecule has 0 bridgehead atoms. The van der Waals surface area contributed by atoms with Crippen LogP contribution in [0.2, 0.25) is 0 Å². The molecule has 152 valence electrons. The molecule has 1 aliphatic carbocycles. The molecule has 2 atom stereocenters. The van der Waals surface area contributed by atoms with Crippen molar-refractivity contribution in [2.75, 3.05) is 0 Å². The molecular weight excluding hydrogens is 434 g/mol. The Hall–Kier alpha value is -2.60. The molecule has 2 unspecified atom stereocenters. The van der Waals surface area contributed by atoms with Crippen LogP contribution >= 0.6 is 15.9 Å². The van der Waals surface area contributed by atoms with Gasteiger partial charge in [0.05, 0.1) is 4.47 Å². The second-order valence-corrected chi connectivity index (χ2v) is 8.28. The molecule has 5 nitrogen and oxygen atoms in total. The van der Waals surface area contributed by atoms with Gasteiger partial charge in [0.15, 0.2) is 0 Å². The highest BCUT2D eigenvalue weighted by Crippen LogP contribution is 2.30. The largest absolute Gasteiger partial charge is 0.477 e. The van der Waals surface area contributed by atoms with Crippen molar-refractivity contribution in [1.82, 2.24) is 5.32 Å². The Labute approximate surface area is 178 Å². The molecule has 0 aliphatic heterocycles. The van der Waals surface area contributed by atoms with Crippen molar-refractivity contribution in [3.63, 3.8) is 0 Å². The lowest BCUT2D eigenvalue weighted by atomic mass is 9.82. The average molecular weight is 458 g/mol. The van der Waals surface area contributed by atoms with Gasteiger partial charge in [-0.3, -0.25) is 4.79 Å². The van der Waals surface area contributed by atoms with Crippen molar-refractivity contribution < 1.29 is 19.4 Å². The highest BCUT2D eigenvalue weighted by molar-refractivity contribution is 9.10. The number of nitrogens with one attached hydrogen (secondary N) is 1. The minimum atomic E-state index is -1.16. The number of carboxylic acids is 1. The third-order valence-electron chi connectivity index (χ3n) is 5.05. The van der Waals surface area contributed by atoms with Gasteiger partial charge in [0.25, 0.3) is 0 Å². The molecule has 6 heteroatoms. The summed E-state index contributed by atoms with van der Waals surface area (Å²) in [6.45, 7) is 2.13. The van der Waals surface area contributed by atoms with Crippen LogP contribution in [0.15, 0.2) is 58.7 Å². The highest BCUT2D eigenvalue weighted by atomic mass is 79.9. The number of para-hydroxylation sites is 1. The number of carbonyl (C=O) groups excluding carboxylic acids is 1. The van der Waals surface area contributed by atoms with E-state index in [0.717, 1.165) is 30.2 Å². The fourth-order valence-electron chi connectivity index (χ4n) is 3.51. The van der Waals surface area contributed by atoms with Gasteiger partial charge in [-0.2, -0.15) is 0 Å². The van der Waals surface area contributed by atoms with Crippen LogP contribution in [-0.2, 0) is 9.59 Å². The molecular formula is C23H24BrNO4. The molecule has 2 N–H and O–H groups in total. The third kappa shape index (κ3) is 5.94. The predicted octanol–water partition coefficient (Wildman–Crippen LogP) is 5.61. The molecule has 1 fully saturated rings. The van der Waals surface area contributed by atoms with Crippen molar-refractivity contribution >= 4 is 33.9 Å². The van der Waals surface area contributed by atoms with Crippen molar-refractivity contribution in [2.24, 2.45) is 11.8 Å². The van der Waals surface area contributed by atoms with E-state index in [1.54, 1.807) is 24.3 Å². The maximum atomic E-state index is 12.5. The summed E-state index contributed by atoms with van der Waals surface area (Å²) < 4.78 is 6.66. The molecule has 3 rings (SSSR count). The van der Waals surface area contributed by atoms with E-state index in [0.29, 0.717) is 23.0 Å². The van der Waals surface area contributed by atoms with E-state index in [1.165, 1.54) is 6.08 Å². The van der Waals surface area contributed by atoms with E-state index >= 15 is 0 Å². The van der Waals surface area contributed by atoms with Gasteiger partial charge in [-0.25, -0.2) is 4.79 Å². The first-order chi connectivity index (χ1) is 13.9. The number of aliphatic carboxylic acids is 1. The lowest BCUT2D eigenvalue weighted by Gasteiger charge is -2.25. The molecule has 29 heavy (non-hydrogen) atoms. The maximum absolute atomic E-state index is 12.5. The Morgan fingerprint density at radius 2 is 1.86 bits per heavy atom. The van der Waals surface area contributed by atoms with Crippen LogP contribution < -0.4 is 10.1 Å². The third-order valence-corrected chi connectivity index (χ3v) is 5.71. The Balaban J connectivity index is 1.69. The van der Waals surface area contributed by atoms with Crippen LogP contribution in [-0.4, -0.2) is 17.0 Å². The Kier molecular flexibility index (Phi) is 7.09. The minimum absolute atomic E-state index is 0.118. The van der Waals surface area contributed by atoms with E-state index in [2.05, 4.69) is 28.2 Å². The van der Waals surface area contributed by atoms with Gasteiger partial charge in [-0.15, -0.1) is 0 Å². The first-order valence-electron chi connectivity index (χ1n) is 9.70. The number of halogens is 1. The lowest BCUT2D eigenvalue weighted by Crippen LogP contribution is -2.35. The Morgan fingerprint density at radius 3 is 2.52 bits per heavy atom. The summed E-state index contributed by atoms with van der Waals surface area (Å²) >= 11 is 3.44. The van der Waals surface area contributed by atoms with E-state index in [4.69, 9.17) is 4.74 Å². The molecule has 0 saturated heterocycles. The predicted molar refractivity (Wildman–Crippen MR) is 116 cm³/mol. The number of carbonyl (C=O) groups is 2. The zero-order chi connectivity index (χ0) is 20.8. The Bertz CT molecular complexity index is 907. The normalized spacial score (nSPS) is 19.4. The minimum Gasteiger partial charge on any atom is -0.477 e. The van der Waals surface area contributed by atoms with Crippen molar-refractivity contribution in [3.05, 3.63) is 64.3 Å². The standard InChI is InChI=1S/C23H24BrNO4/c1-15-5-4-6-17(13-15)22(26)25-20(23(27)28)14-16-9-11-18(12-10-16)29-21-8-3-2-7-19(21)24/h2-3,7-12,14-15,17H,4-6,13H2,1H3,(H,25,26)(H,27,28)/b20-14-. The van der Waals surface area contributed by atoms with E-state index in [1.807, 2.05) is 24.3 Å². The number of hydrogen-bond donors (Lipinski definition) is 2.